The van der Waals surface area contributed by atoms with Gasteiger partial charge in [0.25, 0.3) is 0 Å². The molecule has 110 valence electrons. The van der Waals surface area contributed by atoms with E-state index in [9.17, 15) is 4.79 Å². The van der Waals surface area contributed by atoms with Crippen LogP contribution in [0.3, 0.4) is 0 Å². The minimum absolute atomic E-state index is 0.0391. The Kier molecular flexibility index (Phi) is 3.73. The smallest absolute Gasteiger partial charge is 0.236 e. The van der Waals surface area contributed by atoms with Crippen molar-refractivity contribution in [2.45, 2.75) is 32.1 Å². The number of hydrogen-bond donors (Lipinski definition) is 0. The van der Waals surface area contributed by atoms with Crippen LogP contribution in [0.2, 0.25) is 0 Å². The van der Waals surface area contributed by atoms with Crippen molar-refractivity contribution < 1.29 is 9.32 Å². The molecule has 0 saturated heterocycles. The van der Waals surface area contributed by atoms with Crippen molar-refractivity contribution in [2.75, 3.05) is 14.1 Å². The molecule has 21 heavy (non-hydrogen) atoms. The van der Waals surface area contributed by atoms with E-state index in [1.807, 2.05) is 0 Å². The molecule has 0 unspecified atom stereocenters. The van der Waals surface area contributed by atoms with Gasteiger partial charge in [-0.2, -0.15) is 4.98 Å². The van der Waals surface area contributed by atoms with Crippen molar-refractivity contribution in [3.8, 4) is 0 Å². The summed E-state index contributed by atoms with van der Waals surface area (Å²) in [5.74, 6) is 0.974. The van der Waals surface area contributed by atoms with Crippen LogP contribution in [-0.2, 0) is 30.5 Å². The summed E-state index contributed by atoms with van der Waals surface area (Å²) in [6.07, 6.45) is 4.40. The Labute approximate surface area is 124 Å². The van der Waals surface area contributed by atoms with Gasteiger partial charge in [0.15, 0.2) is 5.82 Å². The number of likely N-dealkylation sites (N-methyl/N-ethyl adjacent to an activating group) is 1. The maximum atomic E-state index is 11.6. The molecule has 1 aromatic carbocycles. The highest BCUT2D eigenvalue weighted by molar-refractivity contribution is 5.77. The van der Waals surface area contributed by atoms with E-state index in [1.165, 1.54) is 34.4 Å². The Morgan fingerprint density at radius 1 is 1.29 bits per heavy atom. The van der Waals surface area contributed by atoms with Crippen LogP contribution < -0.4 is 0 Å². The maximum absolute atomic E-state index is 11.6. The summed E-state index contributed by atoms with van der Waals surface area (Å²) in [7, 11) is 3.42. The molecule has 0 saturated carbocycles. The summed E-state index contributed by atoms with van der Waals surface area (Å²) in [5.41, 5.74) is 4.10. The van der Waals surface area contributed by atoms with Gasteiger partial charge in [0, 0.05) is 20.5 Å². The maximum Gasteiger partial charge on any atom is 0.236 e. The molecule has 2 aromatic rings. The fourth-order valence-electron chi connectivity index (χ4n) is 2.64. The molecule has 0 spiro atoms. The molecule has 0 bridgehead atoms. The lowest BCUT2D eigenvalue weighted by molar-refractivity contribution is -0.128. The Hall–Kier alpha value is -2.17. The molecule has 1 aliphatic rings. The molecular weight excluding hydrogens is 266 g/mol. The zero-order valence-corrected chi connectivity index (χ0v) is 12.4. The molecule has 0 fully saturated rings. The van der Waals surface area contributed by atoms with E-state index in [0.717, 1.165) is 6.42 Å². The number of nitrogens with zero attached hydrogens (tertiary/aromatic N) is 3. The molecule has 1 heterocycles. The largest absolute Gasteiger partial charge is 0.348 e. The summed E-state index contributed by atoms with van der Waals surface area (Å²) in [4.78, 5) is 17.4. The Bertz CT molecular complexity index is 661. The first kappa shape index (κ1) is 13.8. The molecular formula is C16H19N3O2. The monoisotopic (exact) mass is 285 g/mol. The first-order chi connectivity index (χ1) is 10.1. The van der Waals surface area contributed by atoms with Gasteiger partial charge in [-0.05, 0) is 36.0 Å². The highest BCUT2D eigenvalue weighted by Gasteiger charge is 2.14. The van der Waals surface area contributed by atoms with Gasteiger partial charge in [0.1, 0.15) is 6.42 Å². The summed E-state index contributed by atoms with van der Waals surface area (Å²) in [5, 5.41) is 3.96. The number of carbonyl (C=O) groups is 1. The quantitative estimate of drug-likeness (QED) is 0.859. The topological polar surface area (TPSA) is 59.2 Å². The van der Waals surface area contributed by atoms with Gasteiger partial charge in [-0.3, -0.25) is 4.79 Å². The third kappa shape index (κ3) is 3.12. The predicted molar refractivity (Wildman–Crippen MR) is 78.0 cm³/mol. The van der Waals surface area contributed by atoms with Crippen LogP contribution in [0.5, 0.6) is 0 Å². The van der Waals surface area contributed by atoms with Crippen LogP contribution in [-0.4, -0.2) is 35.0 Å². The van der Waals surface area contributed by atoms with Crippen molar-refractivity contribution in [2.24, 2.45) is 0 Å². The molecule has 3 rings (SSSR count). The number of amides is 1. The minimum Gasteiger partial charge on any atom is -0.348 e. The number of carbonyl (C=O) groups excluding carboxylic acids is 1. The van der Waals surface area contributed by atoms with E-state index in [1.54, 1.807) is 14.1 Å². The molecule has 5 nitrogen and oxygen atoms in total. The van der Waals surface area contributed by atoms with Crippen molar-refractivity contribution >= 4 is 5.91 Å². The molecule has 5 heteroatoms. The summed E-state index contributed by atoms with van der Waals surface area (Å²) >= 11 is 0. The zero-order valence-electron chi connectivity index (χ0n) is 12.4. The highest BCUT2D eigenvalue weighted by atomic mass is 16.5. The number of fused-ring (bicyclic) bond motifs is 1. The summed E-state index contributed by atoms with van der Waals surface area (Å²) in [6.45, 7) is 0. The van der Waals surface area contributed by atoms with Crippen LogP contribution in [0.4, 0.5) is 0 Å². The number of rotatable bonds is 4. The van der Waals surface area contributed by atoms with Crippen LogP contribution in [0.1, 0.15) is 34.8 Å². The average Bonchev–Trinajstić information content (AvgIpc) is 3.07. The van der Waals surface area contributed by atoms with Gasteiger partial charge in [0.05, 0.1) is 0 Å². The van der Waals surface area contributed by atoms with Gasteiger partial charge >= 0.3 is 0 Å². The lowest BCUT2D eigenvalue weighted by Crippen LogP contribution is -2.23. The van der Waals surface area contributed by atoms with Gasteiger partial charge < -0.3 is 9.42 Å². The second kappa shape index (κ2) is 5.68. The Morgan fingerprint density at radius 3 is 2.90 bits per heavy atom. The Balaban J connectivity index is 1.68. The van der Waals surface area contributed by atoms with Crippen molar-refractivity contribution in [1.29, 1.82) is 0 Å². The second-order valence-corrected chi connectivity index (χ2v) is 5.70. The first-order valence-electron chi connectivity index (χ1n) is 7.24. The zero-order chi connectivity index (χ0) is 14.8. The predicted octanol–water partition coefficient (Wildman–Crippen LogP) is 1.78. The molecule has 0 N–H and O–H groups in total. The molecule has 0 aliphatic heterocycles. The van der Waals surface area contributed by atoms with Crippen molar-refractivity contribution in [3.63, 3.8) is 0 Å². The van der Waals surface area contributed by atoms with Gasteiger partial charge in [-0.1, -0.05) is 23.4 Å². The molecule has 1 aromatic heterocycles. The summed E-state index contributed by atoms with van der Waals surface area (Å²) in [6, 6.07) is 6.57. The molecule has 0 radical (unpaired) electrons. The lowest BCUT2D eigenvalue weighted by Gasteiger charge is -2.06. The van der Waals surface area contributed by atoms with Gasteiger partial charge in [-0.25, -0.2) is 0 Å². The van der Waals surface area contributed by atoms with E-state index >= 15 is 0 Å². The van der Waals surface area contributed by atoms with Crippen molar-refractivity contribution in [3.05, 3.63) is 46.6 Å². The second-order valence-electron chi connectivity index (χ2n) is 5.70. The van der Waals surface area contributed by atoms with Crippen molar-refractivity contribution in [1.82, 2.24) is 15.0 Å². The highest BCUT2D eigenvalue weighted by Crippen LogP contribution is 2.23. The normalized spacial score (nSPS) is 13.2. The number of benzene rings is 1. The van der Waals surface area contributed by atoms with E-state index in [0.29, 0.717) is 18.1 Å². The number of hydrogen-bond acceptors (Lipinski definition) is 4. The molecule has 0 atom stereocenters. The van der Waals surface area contributed by atoms with Crippen LogP contribution >= 0.6 is 0 Å². The first-order valence-corrected chi connectivity index (χ1v) is 7.24. The standard InChI is InChI=1S/C16H19N3O2/c1-19(2)16(20)10-15-17-14(18-21-15)9-11-6-7-12-4-3-5-13(12)8-11/h6-8H,3-5,9-10H2,1-2H3. The summed E-state index contributed by atoms with van der Waals surface area (Å²) < 4.78 is 5.14. The van der Waals surface area contributed by atoms with E-state index in [2.05, 4.69) is 28.3 Å². The van der Waals surface area contributed by atoms with Gasteiger partial charge in [0.2, 0.25) is 11.8 Å². The van der Waals surface area contributed by atoms with Crippen LogP contribution in [0.25, 0.3) is 0 Å². The number of aryl methyl sites for hydroxylation is 2. The fraction of sp³-hybridized carbons (Fsp3) is 0.438. The number of aromatic nitrogens is 2. The third-order valence-electron chi connectivity index (χ3n) is 3.84. The van der Waals surface area contributed by atoms with Crippen LogP contribution in [0, 0.1) is 0 Å². The van der Waals surface area contributed by atoms with E-state index in [-0.39, 0.29) is 12.3 Å². The van der Waals surface area contributed by atoms with Gasteiger partial charge in [-0.15, -0.1) is 0 Å². The third-order valence-corrected chi connectivity index (χ3v) is 3.84. The Morgan fingerprint density at radius 2 is 2.10 bits per heavy atom. The minimum atomic E-state index is -0.0391. The molecule has 1 aliphatic carbocycles. The van der Waals surface area contributed by atoms with E-state index in [4.69, 9.17) is 4.52 Å². The molecule has 1 amide bonds. The van der Waals surface area contributed by atoms with E-state index < -0.39 is 0 Å². The fourth-order valence-corrected chi connectivity index (χ4v) is 2.64. The SMILES string of the molecule is CN(C)C(=O)Cc1nc(Cc2ccc3c(c2)CCC3)no1. The average molecular weight is 285 g/mol. The van der Waals surface area contributed by atoms with Crippen LogP contribution in [0.15, 0.2) is 22.7 Å². The lowest BCUT2D eigenvalue weighted by atomic mass is 10.0.